The number of rotatable bonds is 3. The van der Waals surface area contributed by atoms with Crippen LogP contribution in [0.1, 0.15) is 15.9 Å². The van der Waals surface area contributed by atoms with E-state index in [0.29, 0.717) is 5.69 Å². The Morgan fingerprint density at radius 2 is 2.05 bits per heavy atom. The summed E-state index contributed by atoms with van der Waals surface area (Å²) in [7, 11) is 0. The van der Waals surface area contributed by atoms with Crippen LogP contribution in [0.2, 0.25) is 0 Å². The van der Waals surface area contributed by atoms with E-state index in [-0.39, 0.29) is 5.56 Å². The fourth-order valence-electron chi connectivity index (χ4n) is 2.07. The fourth-order valence-corrected chi connectivity index (χ4v) is 2.79. The summed E-state index contributed by atoms with van der Waals surface area (Å²) in [5, 5.41) is 15.7. The molecule has 0 aliphatic rings. The van der Waals surface area contributed by atoms with Crippen LogP contribution in [-0.2, 0) is 0 Å². The lowest BCUT2D eigenvalue weighted by atomic mass is 10.2. The van der Waals surface area contributed by atoms with Crippen molar-refractivity contribution in [2.75, 3.05) is 0 Å². The van der Waals surface area contributed by atoms with E-state index in [9.17, 15) is 9.90 Å². The second-order valence-corrected chi connectivity index (χ2v) is 5.35. The maximum absolute atomic E-state index is 11.4. The number of aromatic carboxylic acids is 1. The van der Waals surface area contributed by atoms with Crippen LogP contribution in [-0.4, -0.2) is 20.9 Å². The standard InChI is InChI=1S/C15H12N2O2S/c1-10-5-2-3-6-12(10)17-9-11(15(18)19)14(16-17)13-7-4-8-20-13/h2-9H,1H3,(H,18,19). The second kappa shape index (κ2) is 4.94. The zero-order valence-electron chi connectivity index (χ0n) is 10.8. The minimum absolute atomic E-state index is 0.218. The van der Waals surface area contributed by atoms with Gasteiger partial charge in [0.1, 0.15) is 11.3 Å². The lowest BCUT2D eigenvalue weighted by Crippen LogP contribution is -1.97. The van der Waals surface area contributed by atoms with Crippen LogP contribution >= 0.6 is 11.3 Å². The van der Waals surface area contributed by atoms with Crippen LogP contribution in [0.25, 0.3) is 16.3 Å². The molecule has 0 aliphatic heterocycles. The molecule has 100 valence electrons. The van der Waals surface area contributed by atoms with E-state index in [4.69, 9.17) is 0 Å². The van der Waals surface area contributed by atoms with Gasteiger partial charge in [-0.05, 0) is 30.0 Å². The van der Waals surface area contributed by atoms with E-state index in [2.05, 4.69) is 5.10 Å². The number of benzene rings is 1. The summed E-state index contributed by atoms with van der Waals surface area (Å²) in [4.78, 5) is 12.3. The van der Waals surface area contributed by atoms with Crippen LogP contribution in [0.15, 0.2) is 48.0 Å². The molecule has 1 N–H and O–H groups in total. The van der Waals surface area contributed by atoms with E-state index >= 15 is 0 Å². The quantitative estimate of drug-likeness (QED) is 0.799. The van der Waals surface area contributed by atoms with Crippen molar-refractivity contribution in [3.63, 3.8) is 0 Å². The maximum atomic E-state index is 11.4. The van der Waals surface area contributed by atoms with Crippen LogP contribution in [0.3, 0.4) is 0 Å². The molecule has 0 unspecified atom stereocenters. The Kier molecular flexibility index (Phi) is 3.12. The first-order valence-corrected chi connectivity index (χ1v) is 6.97. The van der Waals surface area contributed by atoms with Gasteiger partial charge in [-0.25, -0.2) is 9.48 Å². The topological polar surface area (TPSA) is 55.1 Å². The Morgan fingerprint density at radius 1 is 1.25 bits per heavy atom. The predicted octanol–water partition coefficient (Wildman–Crippen LogP) is 3.61. The van der Waals surface area contributed by atoms with Gasteiger partial charge >= 0.3 is 5.97 Å². The lowest BCUT2D eigenvalue weighted by Gasteiger charge is -2.04. The fraction of sp³-hybridized carbons (Fsp3) is 0.0667. The Labute approximate surface area is 119 Å². The number of nitrogens with zero attached hydrogens (tertiary/aromatic N) is 2. The smallest absolute Gasteiger partial charge is 0.339 e. The molecule has 0 fully saturated rings. The Balaban J connectivity index is 2.18. The Hall–Kier alpha value is -2.40. The molecule has 0 amide bonds. The van der Waals surface area contributed by atoms with Crippen LogP contribution in [0.4, 0.5) is 0 Å². The SMILES string of the molecule is Cc1ccccc1-n1cc(C(=O)O)c(-c2cccs2)n1. The molecule has 2 heterocycles. The van der Waals surface area contributed by atoms with Crippen molar-refractivity contribution in [2.45, 2.75) is 6.92 Å². The number of carbonyl (C=O) groups is 1. The highest BCUT2D eigenvalue weighted by Gasteiger charge is 2.18. The summed E-state index contributed by atoms with van der Waals surface area (Å²) in [6, 6.07) is 11.5. The van der Waals surface area contributed by atoms with Crippen LogP contribution in [0, 0.1) is 6.92 Å². The molecule has 20 heavy (non-hydrogen) atoms. The van der Waals surface area contributed by atoms with Gasteiger partial charge < -0.3 is 5.11 Å². The molecule has 0 spiro atoms. The van der Waals surface area contributed by atoms with Crippen molar-refractivity contribution < 1.29 is 9.90 Å². The highest BCUT2D eigenvalue weighted by molar-refractivity contribution is 7.13. The molecule has 4 nitrogen and oxygen atoms in total. The average molecular weight is 284 g/mol. The molecule has 0 radical (unpaired) electrons. The number of aromatic nitrogens is 2. The van der Waals surface area contributed by atoms with Gasteiger partial charge in [-0.3, -0.25) is 0 Å². The van der Waals surface area contributed by atoms with Crippen molar-refractivity contribution in [3.8, 4) is 16.3 Å². The van der Waals surface area contributed by atoms with E-state index in [1.54, 1.807) is 10.9 Å². The first-order chi connectivity index (χ1) is 9.66. The number of aryl methyl sites for hydroxylation is 1. The number of carboxylic acids is 1. The third kappa shape index (κ3) is 2.12. The van der Waals surface area contributed by atoms with Gasteiger partial charge in [0.25, 0.3) is 0 Å². The number of carboxylic acid groups (broad SMARTS) is 1. The highest BCUT2D eigenvalue weighted by atomic mass is 32.1. The van der Waals surface area contributed by atoms with Gasteiger partial charge in [0, 0.05) is 6.20 Å². The third-order valence-corrected chi connectivity index (χ3v) is 3.94. The number of hydrogen-bond donors (Lipinski definition) is 1. The van der Waals surface area contributed by atoms with Gasteiger partial charge in [-0.1, -0.05) is 24.3 Å². The van der Waals surface area contributed by atoms with Gasteiger partial charge in [-0.15, -0.1) is 11.3 Å². The predicted molar refractivity (Wildman–Crippen MR) is 78.6 cm³/mol. The Morgan fingerprint density at radius 3 is 2.70 bits per heavy atom. The molecule has 0 bridgehead atoms. The zero-order valence-corrected chi connectivity index (χ0v) is 11.6. The third-order valence-electron chi connectivity index (χ3n) is 3.06. The first kappa shape index (κ1) is 12.6. The van der Waals surface area contributed by atoms with Crippen molar-refractivity contribution >= 4 is 17.3 Å². The van der Waals surface area contributed by atoms with Crippen molar-refractivity contribution in [2.24, 2.45) is 0 Å². The molecule has 1 aromatic carbocycles. The van der Waals surface area contributed by atoms with Crippen molar-refractivity contribution in [3.05, 3.63) is 59.1 Å². The normalized spacial score (nSPS) is 10.7. The van der Waals surface area contributed by atoms with Gasteiger partial charge in [0.05, 0.1) is 10.6 Å². The molecular formula is C15H12N2O2S. The maximum Gasteiger partial charge on any atom is 0.339 e. The minimum Gasteiger partial charge on any atom is -0.478 e. The van der Waals surface area contributed by atoms with Gasteiger partial charge in [0.2, 0.25) is 0 Å². The van der Waals surface area contributed by atoms with Gasteiger partial charge in [-0.2, -0.15) is 5.10 Å². The first-order valence-electron chi connectivity index (χ1n) is 6.09. The van der Waals surface area contributed by atoms with Crippen molar-refractivity contribution in [1.29, 1.82) is 0 Å². The molecule has 0 saturated heterocycles. The molecule has 5 heteroatoms. The van der Waals surface area contributed by atoms with Crippen LogP contribution < -0.4 is 0 Å². The van der Waals surface area contributed by atoms with Crippen molar-refractivity contribution in [1.82, 2.24) is 9.78 Å². The van der Waals surface area contributed by atoms with E-state index in [1.165, 1.54) is 11.3 Å². The second-order valence-electron chi connectivity index (χ2n) is 4.40. The average Bonchev–Trinajstić information content (AvgIpc) is 3.08. The lowest BCUT2D eigenvalue weighted by molar-refractivity contribution is 0.0697. The highest BCUT2D eigenvalue weighted by Crippen LogP contribution is 2.28. The largest absolute Gasteiger partial charge is 0.478 e. The number of para-hydroxylation sites is 1. The summed E-state index contributed by atoms with van der Waals surface area (Å²) >= 11 is 1.48. The molecule has 3 aromatic rings. The number of thiophene rings is 1. The monoisotopic (exact) mass is 284 g/mol. The molecule has 3 rings (SSSR count). The van der Waals surface area contributed by atoms with Gasteiger partial charge in [0.15, 0.2) is 0 Å². The summed E-state index contributed by atoms with van der Waals surface area (Å²) in [6.45, 7) is 1.97. The van der Waals surface area contributed by atoms with E-state index in [0.717, 1.165) is 16.1 Å². The molecule has 2 aromatic heterocycles. The molecule has 0 atom stereocenters. The molecule has 0 aliphatic carbocycles. The molecule has 0 saturated carbocycles. The summed E-state index contributed by atoms with van der Waals surface area (Å²) in [6.07, 6.45) is 1.57. The van der Waals surface area contributed by atoms with E-state index < -0.39 is 5.97 Å². The summed E-state index contributed by atoms with van der Waals surface area (Å²) in [5.41, 5.74) is 2.66. The number of hydrogen-bond acceptors (Lipinski definition) is 3. The van der Waals surface area contributed by atoms with E-state index in [1.807, 2.05) is 48.7 Å². The summed E-state index contributed by atoms with van der Waals surface area (Å²) < 4.78 is 1.63. The van der Waals surface area contributed by atoms with Crippen LogP contribution in [0.5, 0.6) is 0 Å². The molecular weight excluding hydrogens is 272 g/mol. The summed E-state index contributed by atoms with van der Waals surface area (Å²) in [5.74, 6) is -0.965. The Bertz CT molecular complexity index is 760. The minimum atomic E-state index is -0.965. The zero-order chi connectivity index (χ0) is 14.1.